The van der Waals surface area contributed by atoms with Gasteiger partial charge in [-0.3, -0.25) is 9.78 Å². The van der Waals surface area contributed by atoms with Crippen molar-refractivity contribution >= 4 is 17.2 Å². The molecular formula is C15H18N4OS. The molecular weight excluding hydrogens is 284 g/mol. The lowest BCUT2D eigenvalue weighted by Gasteiger charge is -2.23. The highest BCUT2D eigenvalue weighted by atomic mass is 32.1. The second kappa shape index (κ2) is 6.78. The number of nitrogens with zero attached hydrogens (tertiary/aromatic N) is 2. The third-order valence-corrected chi connectivity index (χ3v) is 4.35. The number of pyridine rings is 1. The van der Waals surface area contributed by atoms with Crippen molar-refractivity contribution in [3.63, 3.8) is 0 Å². The summed E-state index contributed by atoms with van der Waals surface area (Å²) in [5, 5.41) is 9.15. The molecule has 0 aliphatic carbocycles. The number of carbonyl (C=O) groups is 1. The van der Waals surface area contributed by atoms with Gasteiger partial charge < -0.3 is 10.6 Å². The SMILES string of the molecule is O=C(Cc1csc(-c2ccccn2)n1)N[C@H]1CCCNC1. The van der Waals surface area contributed by atoms with Gasteiger partial charge in [-0.2, -0.15) is 0 Å². The monoisotopic (exact) mass is 302 g/mol. The lowest BCUT2D eigenvalue weighted by molar-refractivity contribution is -0.121. The average Bonchev–Trinajstić information content (AvgIpc) is 2.97. The van der Waals surface area contributed by atoms with Crippen molar-refractivity contribution in [2.45, 2.75) is 25.3 Å². The lowest BCUT2D eigenvalue weighted by atomic mass is 10.1. The van der Waals surface area contributed by atoms with Crippen LogP contribution in [0.1, 0.15) is 18.5 Å². The summed E-state index contributed by atoms with van der Waals surface area (Å²) in [5.41, 5.74) is 1.66. The van der Waals surface area contributed by atoms with Gasteiger partial charge in [-0.25, -0.2) is 4.98 Å². The number of thiazole rings is 1. The lowest BCUT2D eigenvalue weighted by Crippen LogP contribution is -2.46. The Kier molecular flexibility index (Phi) is 4.57. The summed E-state index contributed by atoms with van der Waals surface area (Å²) in [6, 6.07) is 5.99. The summed E-state index contributed by atoms with van der Waals surface area (Å²) in [6.07, 6.45) is 4.25. The highest BCUT2D eigenvalue weighted by Crippen LogP contribution is 2.21. The third-order valence-electron chi connectivity index (χ3n) is 3.44. The molecule has 0 aromatic carbocycles. The number of carbonyl (C=O) groups excluding carboxylic acids is 1. The topological polar surface area (TPSA) is 66.9 Å². The highest BCUT2D eigenvalue weighted by molar-refractivity contribution is 7.13. The number of rotatable bonds is 4. The van der Waals surface area contributed by atoms with Crippen LogP contribution in [0.3, 0.4) is 0 Å². The molecule has 1 saturated heterocycles. The molecule has 2 aromatic rings. The van der Waals surface area contributed by atoms with Crippen molar-refractivity contribution in [3.05, 3.63) is 35.5 Å². The minimum absolute atomic E-state index is 0.0431. The number of nitrogens with one attached hydrogen (secondary N) is 2. The molecule has 1 aliphatic heterocycles. The van der Waals surface area contributed by atoms with Crippen LogP contribution in [0.15, 0.2) is 29.8 Å². The zero-order valence-corrected chi connectivity index (χ0v) is 12.5. The first-order valence-corrected chi connectivity index (χ1v) is 8.05. The van der Waals surface area contributed by atoms with Crippen LogP contribution < -0.4 is 10.6 Å². The van der Waals surface area contributed by atoms with Crippen molar-refractivity contribution in [2.75, 3.05) is 13.1 Å². The zero-order valence-electron chi connectivity index (χ0n) is 11.7. The molecule has 0 unspecified atom stereocenters. The molecule has 0 spiro atoms. The van der Waals surface area contributed by atoms with Crippen molar-refractivity contribution in [1.82, 2.24) is 20.6 Å². The Morgan fingerprint density at radius 1 is 1.48 bits per heavy atom. The maximum atomic E-state index is 12.0. The fourth-order valence-corrected chi connectivity index (χ4v) is 3.21. The van der Waals surface area contributed by atoms with E-state index in [9.17, 15) is 4.79 Å². The largest absolute Gasteiger partial charge is 0.352 e. The maximum Gasteiger partial charge on any atom is 0.226 e. The fraction of sp³-hybridized carbons (Fsp3) is 0.400. The van der Waals surface area contributed by atoms with Gasteiger partial charge in [0, 0.05) is 24.2 Å². The van der Waals surface area contributed by atoms with E-state index in [0.717, 1.165) is 42.3 Å². The summed E-state index contributed by atoms with van der Waals surface area (Å²) in [7, 11) is 0. The van der Waals surface area contributed by atoms with Gasteiger partial charge in [0.1, 0.15) is 5.01 Å². The van der Waals surface area contributed by atoms with E-state index in [2.05, 4.69) is 20.6 Å². The molecule has 1 amide bonds. The van der Waals surface area contributed by atoms with Crippen LogP contribution in [0, 0.1) is 0 Å². The summed E-state index contributed by atoms with van der Waals surface area (Å²) >= 11 is 1.52. The molecule has 0 bridgehead atoms. The Morgan fingerprint density at radius 3 is 3.19 bits per heavy atom. The first-order chi connectivity index (χ1) is 10.3. The van der Waals surface area contributed by atoms with E-state index >= 15 is 0 Å². The molecule has 5 nitrogen and oxygen atoms in total. The molecule has 110 valence electrons. The van der Waals surface area contributed by atoms with Crippen molar-refractivity contribution in [3.8, 4) is 10.7 Å². The minimum atomic E-state index is 0.0431. The molecule has 3 heterocycles. The van der Waals surface area contributed by atoms with Crippen LogP contribution in [-0.4, -0.2) is 35.0 Å². The Labute approximate surface area is 127 Å². The van der Waals surface area contributed by atoms with E-state index < -0.39 is 0 Å². The predicted octanol–water partition coefficient (Wildman–Crippen LogP) is 1.62. The van der Waals surface area contributed by atoms with Gasteiger partial charge in [-0.05, 0) is 31.5 Å². The number of aromatic nitrogens is 2. The second-order valence-electron chi connectivity index (χ2n) is 5.15. The average molecular weight is 302 g/mol. The van der Waals surface area contributed by atoms with Crippen LogP contribution in [0.4, 0.5) is 0 Å². The molecule has 1 aliphatic rings. The Bertz CT molecular complexity index is 593. The van der Waals surface area contributed by atoms with E-state index in [1.165, 1.54) is 11.3 Å². The van der Waals surface area contributed by atoms with E-state index in [4.69, 9.17) is 0 Å². The molecule has 6 heteroatoms. The van der Waals surface area contributed by atoms with Gasteiger partial charge in [0.05, 0.1) is 17.8 Å². The fourth-order valence-electron chi connectivity index (χ4n) is 2.41. The summed E-state index contributed by atoms with van der Waals surface area (Å²) in [4.78, 5) is 20.8. The number of hydrogen-bond donors (Lipinski definition) is 2. The second-order valence-corrected chi connectivity index (χ2v) is 6.00. The van der Waals surface area contributed by atoms with Gasteiger partial charge >= 0.3 is 0 Å². The maximum absolute atomic E-state index is 12.0. The van der Waals surface area contributed by atoms with Crippen molar-refractivity contribution in [1.29, 1.82) is 0 Å². The van der Waals surface area contributed by atoms with Gasteiger partial charge in [0.25, 0.3) is 0 Å². The molecule has 2 aromatic heterocycles. The Balaban J connectivity index is 1.58. The first-order valence-electron chi connectivity index (χ1n) is 7.17. The number of hydrogen-bond acceptors (Lipinski definition) is 5. The highest BCUT2D eigenvalue weighted by Gasteiger charge is 2.16. The van der Waals surface area contributed by atoms with Gasteiger partial charge in [0.2, 0.25) is 5.91 Å². The molecule has 1 fully saturated rings. The van der Waals surface area contributed by atoms with E-state index in [1.807, 2.05) is 23.6 Å². The normalized spacial score (nSPS) is 18.4. The number of piperidine rings is 1. The molecule has 3 rings (SSSR count). The quantitative estimate of drug-likeness (QED) is 0.900. The van der Waals surface area contributed by atoms with Crippen molar-refractivity contribution in [2.24, 2.45) is 0 Å². The van der Waals surface area contributed by atoms with Gasteiger partial charge in [0.15, 0.2) is 0 Å². The van der Waals surface area contributed by atoms with E-state index in [0.29, 0.717) is 6.42 Å². The predicted molar refractivity (Wildman–Crippen MR) is 83.1 cm³/mol. The van der Waals surface area contributed by atoms with Crippen LogP contribution >= 0.6 is 11.3 Å². The standard InChI is InChI=1S/C15H18N4OS/c20-14(18-11-4-3-6-16-9-11)8-12-10-21-15(19-12)13-5-1-2-7-17-13/h1-2,5,7,10-11,16H,3-4,6,8-9H2,(H,18,20)/t11-/m0/s1. The summed E-state index contributed by atoms with van der Waals surface area (Å²) in [6.45, 7) is 1.91. The molecule has 0 radical (unpaired) electrons. The molecule has 2 N–H and O–H groups in total. The first kappa shape index (κ1) is 14.2. The van der Waals surface area contributed by atoms with E-state index in [-0.39, 0.29) is 11.9 Å². The Morgan fingerprint density at radius 2 is 2.43 bits per heavy atom. The van der Waals surface area contributed by atoms with Gasteiger partial charge in [-0.1, -0.05) is 6.07 Å². The van der Waals surface area contributed by atoms with Gasteiger partial charge in [-0.15, -0.1) is 11.3 Å². The Hall–Kier alpha value is -1.79. The molecule has 21 heavy (non-hydrogen) atoms. The minimum Gasteiger partial charge on any atom is -0.352 e. The van der Waals surface area contributed by atoms with Crippen molar-refractivity contribution < 1.29 is 4.79 Å². The summed E-state index contributed by atoms with van der Waals surface area (Å²) in [5.74, 6) is 0.0431. The molecule has 0 saturated carbocycles. The van der Waals surface area contributed by atoms with E-state index in [1.54, 1.807) is 6.20 Å². The van der Waals surface area contributed by atoms with Crippen LogP contribution in [0.5, 0.6) is 0 Å². The summed E-state index contributed by atoms with van der Waals surface area (Å²) < 4.78 is 0. The smallest absolute Gasteiger partial charge is 0.226 e. The number of amides is 1. The zero-order chi connectivity index (χ0) is 14.5. The van der Waals surface area contributed by atoms with Crippen LogP contribution in [0.25, 0.3) is 10.7 Å². The molecule has 1 atom stereocenters. The van der Waals surface area contributed by atoms with Crippen LogP contribution in [-0.2, 0) is 11.2 Å². The van der Waals surface area contributed by atoms with Crippen LogP contribution in [0.2, 0.25) is 0 Å². The third kappa shape index (κ3) is 3.86.